The van der Waals surface area contributed by atoms with E-state index in [0.29, 0.717) is 0 Å². The van der Waals surface area contributed by atoms with Gasteiger partial charge >= 0.3 is 5.97 Å². The van der Waals surface area contributed by atoms with Gasteiger partial charge in [0.25, 0.3) is 5.91 Å². The summed E-state index contributed by atoms with van der Waals surface area (Å²) in [6.07, 6.45) is 1.35. The largest absolute Gasteiger partial charge is 0.481 e. The van der Waals surface area contributed by atoms with Gasteiger partial charge in [-0.25, -0.2) is 0 Å². The molecule has 1 rings (SSSR count). The molecule has 0 aliphatic carbocycles. The number of carbonyl (C=O) groups excluding carboxylic acids is 2. The maximum atomic E-state index is 11.9. The molecule has 1 aromatic heterocycles. The maximum absolute atomic E-state index is 11.9. The number of carboxylic acid groups (broad SMARTS) is 1. The van der Waals surface area contributed by atoms with Crippen molar-refractivity contribution in [3.8, 4) is 0 Å². The van der Waals surface area contributed by atoms with E-state index in [1.54, 1.807) is 19.9 Å². The van der Waals surface area contributed by atoms with Crippen LogP contribution < -0.4 is 10.6 Å². The van der Waals surface area contributed by atoms with Crippen molar-refractivity contribution >= 4 is 17.8 Å². The summed E-state index contributed by atoms with van der Waals surface area (Å²) in [5, 5.41) is 14.2. The summed E-state index contributed by atoms with van der Waals surface area (Å²) in [6.45, 7) is 6.02. The van der Waals surface area contributed by atoms with Crippen molar-refractivity contribution in [1.29, 1.82) is 0 Å². The molecule has 1 aromatic rings. The van der Waals surface area contributed by atoms with Gasteiger partial charge in [0, 0.05) is 0 Å². The van der Waals surface area contributed by atoms with Crippen LogP contribution in [-0.4, -0.2) is 35.0 Å². The van der Waals surface area contributed by atoms with Crippen LogP contribution in [0.4, 0.5) is 0 Å². The van der Waals surface area contributed by atoms with E-state index in [9.17, 15) is 19.5 Å². The van der Waals surface area contributed by atoms with Crippen LogP contribution in [0.5, 0.6) is 0 Å². The van der Waals surface area contributed by atoms with E-state index in [2.05, 4.69) is 10.6 Å². The Kier molecular flexibility index (Phi) is 4.77. The lowest BCUT2D eigenvalue weighted by atomic mass is 9.74. The topological polar surface area (TPSA) is 109 Å². The predicted octanol–water partition coefficient (Wildman–Crippen LogP) is 1.01. The zero-order chi connectivity index (χ0) is 16.3. The highest BCUT2D eigenvalue weighted by Crippen LogP contribution is 2.30. The van der Waals surface area contributed by atoms with Crippen LogP contribution in [0.1, 0.15) is 38.2 Å². The van der Waals surface area contributed by atoms with Gasteiger partial charge in [-0.15, -0.1) is 0 Å². The Morgan fingerprint density at radius 3 is 2.33 bits per heavy atom. The smallest absolute Gasteiger partial charge is 0.311 e. The number of carbonyl (C=O) groups is 3. The number of amides is 2. The van der Waals surface area contributed by atoms with Crippen LogP contribution in [-0.2, 0) is 9.59 Å². The van der Waals surface area contributed by atoms with E-state index in [1.807, 2.05) is 0 Å². The molecule has 0 aliphatic heterocycles. The summed E-state index contributed by atoms with van der Waals surface area (Å²) in [5.74, 6) is -1.90. The summed E-state index contributed by atoms with van der Waals surface area (Å²) in [7, 11) is 0. The fraction of sp³-hybridized carbons (Fsp3) is 0.500. The monoisotopic (exact) mass is 296 g/mol. The number of rotatable bonds is 6. The van der Waals surface area contributed by atoms with Gasteiger partial charge in [-0.2, -0.15) is 0 Å². The van der Waals surface area contributed by atoms with E-state index < -0.39 is 28.7 Å². The normalized spacial score (nSPS) is 11.8. The van der Waals surface area contributed by atoms with Gasteiger partial charge in [-0.05, 0) is 39.8 Å². The lowest BCUT2D eigenvalue weighted by molar-refractivity contribution is -0.151. The number of carboxylic acids is 1. The molecule has 0 unspecified atom stereocenters. The van der Waals surface area contributed by atoms with Gasteiger partial charge < -0.3 is 20.2 Å². The number of hydrogen-bond acceptors (Lipinski definition) is 4. The minimum atomic E-state index is -1.16. The summed E-state index contributed by atoms with van der Waals surface area (Å²) in [6, 6.07) is 3.04. The molecular formula is C14H20N2O5. The average molecular weight is 296 g/mol. The third kappa shape index (κ3) is 3.84. The molecule has 0 saturated carbocycles. The van der Waals surface area contributed by atoms with Gasteiger partial charge in [0.1, 0.15) is 0 Å². The van der Waals surface area contributed by atoms with E-state index in [4.69, 9.17) is 4.42 Å². The minimum absolute atomic E-state index is 0.105. The first-order chi connectivity index (χ1) is 9.58. The van der Waals surface area contributed by atoms with Crippen molar-refractivity contribution in [2.45, 2.75) is 33.2 Å². The first-order valence-corrected chi connectivity index (χ1v) is 6.44. The van der Waals surface area contributed by atoms with Crippen LogP contribution in [0, 0.1) is 5.41 Å². The van der Waals surface area contributed by atoms with Crippen molar-refractivity contribution in [3.63, 3.8) is 0 Å². The fourth-order valence-electron chi connectivity index (χ4n) is 1.47. The highest BCUT2D eigenvalue weighted by molar-refractivity contribution is 5.94. The van der Waals surface area contributed by atoms with E-state index in [0.717, 1.165) is 0 Å². The molecule has 0 saturated heterocycles. The zero-order valence-corrected chi connectivity index (χ0v) is 12.5. The summed E-state index contributed by atoms with van der Waals surface area (Å²) < 4.78 is 4.89. The number of aliphatic carboxylic acids is 1. The fourth-order valence-corrected chi connectivity index (χ4v) is 1.47. The molecule has 7 heteroatoms. The Balaban J connectivity index is 2.57. The van der Waals surface area contributed by atoms with Gasteiger partial charge in [-0.3, -0.25) is 14.4 Å². The second kappa shape index (κ2) is 5.99. The second-order valence-corrected chi connectivity index (χ2v) is 5.76. The highest BCUT2D eigenvalue weighted by atomic mass is 16.4. The molecule has 0 bridgehead atoms. The minimum Gasteiger partial charge on any atom is -0.481 e. The number of furan rings is 1. The molecule has 7 nitrogen and oxygen atoms in total. The first kappa shape index (κ1) is 16.7. The molecule has 0 aliphatic rings. The lowest BCUT2D eigenvalue weighted by Gasteiger charge is -2.38. The Bertz CT molecular complexity index is 532. The SMILES string of the molecule is CC(C)(NC(=O)CNC(=O)c1ccco1)C(C)(C)C(=O)O. The first-order valence-electron chi connectivity index (χ1n) is 6.44. The number of hydrogen-bond donors (Lipinski definition) is 3. The molecule has 21 heavy (non-hydrogen) atoms. The summed E-state index contributed by atoms with van der Waals surface area (Å²) in [4.78, 5) is 34.7. The molecule has 0 atom stereocenters. The van der Waals surface area contributed by atoms with Gasteiger partial charge in [0.2, 0.25) is 5.91 Å². The molecule has 0 spiro atoms. The molecule has 0 aromatic carbocycles. The Morgan fingerprint density at radius 2 is 1.86 bits per heavy atom. The Hall–Kier alpha value is -2.31. The lowest BCUT2D eigenvalue weighted by Crippen LogP contribution is -2.58. The van der Waals surface area contributed by atoms with Crippen LogP contribution in [0.2, 0.25) is 0 Å². The molecule has 1 heterocycles. The van der Waals surface area contributed by atoms with Crippen LogP contribution >= 0.6 is 0 Å². The van der Waals surface area contributed by atoms with E-state index in [-0.39, 0.29) is 12.3 Å². The third-order valence-corrected chi connectivity index (χ3v) is 3.70. The van der Waals surface area contributed by atoms with Gasteiger partial charge in [-0.1, -0.05) is 0 Å². The van der Waals surface area contributed by atoms with E-state index in [1.165, 1.54) is 26.2 Å². The molecule has 3 N–H and O–H groups in total. The molecule has 0 fully saturated rings. The Labute approximate surface area is 122 Å². The van der Waals surface area contributed by atoms with Crippen molar-refractivity contribution < 1.29 is 23.9 Å². The van der Waals surface area contributed by atoms with Crippen molar-refractivity contribution in [3.05, 3.63) is 24.2 Å². The molecule has 0 radical (unpaired) electrons. The molecule has 2 amide bonds. The van der Waals surface area contributed by atoms with E-state index >= 15 is 0 Å². The standard InChI is InChI=1S/C14H20N2O5/c1-13(2,12(19)20)14(3,4)16-10(17)8-15-11(18)9-6-5-7-21-9/h5-7H,8H2,1-4H3,(H,15,18)(H,16,17)(H,19,20). The number of nitrogens with one attached hydrogen (secondary N) is 2. The molecular weight excluding hydrogens is 276 g/mol. The van der Waals surface area contributed by atoms with Crippen LogP contribution in [0.15, 0.2) is 22.8 Å². The average Bonchev–Trinajstić information content (AvgIpc) is 2.88. The van der Waals surface area contributed by atoms with Crippen molar-refractivity contribution in [1.82, 2.24) is 10.6 Å². The highest BCUT2D eigenvalue weighted by Gasteiger charge is 2.44. The van der Waals surface area contributed by atoms with Crippen LogP contribution in [0.25, 0.3) is 0 Å². The summed E-state index contributed by atoms with van der Waals surface area (Å²) >= 11 is 0. The quantitative estimate of drug-likeness (QED) is 0.726. The van der Waals surface area contributed by atoms with Crippen LogP contribution in [0.3, 0.4) is 0 Å². The maximum Gasteiger partial charge on any atom is 0.311 e. The second-order valence-electron chi connectivity index (χ2n) is 5.76. The third-order valence-electron chi connectivity index (χ3n) is 3.70. The predicted molar refractivity (Wildman–Crippen MR) is 74.7 cm³/mol. The zero-order valence-electron chi connectivity index (χ0n) is 12.5. The van der Waals surface area contributed by atoms with Gasteiger partial charge in [0.05, 0.1) is 23.8 Å². The summed E-state index contributed by atoms with van der Waals surface area (Å²) in [5.41, 5.74) is -2.14. The Morgan fingerprint density at radius 1 is 1.24 bits per heavy atom. The van der Waals surface area contributed by atoms with Crippen molar-refractivity contribution in [2.24, 2.45) is 5.41 Å². The van der Waals surface area contributed by atoms with Gasteiger partial charge in [0.15, 0.2) is 5.76 Å². The van der Waals surface area contributed by atoms with Crippen molar-refractivity contribution in [2.75, 3.05) is 6.54 Å². The molecule has 116 valence electrons.